The minimum atomic E-state index is -3.89. The quantitative estimate of drug-likeness (QED) is 0.516. The fraction of sp³-hybridized carbons (Fsp3) is 0.500. The van der Waals surface area contributed by atoms with Gasteiger partial charge in [-0.1, -0.05) is 13.8 Å². The van der Waals surface area contributed by atoms with Crippen LogP contribution in [0.1, 0.15) is 13.8 Å². The lowest BCUT2D eigenvalue weighted by Gasteiger charge is -2.16. The number of rotatable bonds is 3. The normalized spacial score (nSPS) is 23.9. The van der Waals surface area contributed by atoms with E-state index in [1.54, 1.807) is 0 Å². The van der Waals surface area contributed by atoms with E-state index in [0.717, 1.165) is 12.1 Å². The zero-order valence-electron chi connectivity index (χ0n) is 11.3. The number of nitro benzene ring substituents is 1. The second-order valence-corrected chi connectivity index (χ2v) is 7.17. The molecule has 2 rings (SSSR count). The minimum absolute atomic E-state index is 0.189. The summed E-state index contributed by atoms with van der Waals surface area (Å²) in [5.41, 5.74) is 5.32. The summed E-state index contributed by atoms with van der Waals surface area (Å²) < 4.78 is 26.4. The van der Waals surface area contributed by atoms with Crippen molar-refractivity contribution in [1.29, 1.82) is 0 Å². The smallest absolute Gasteiger partial charge is 0.289 e. The SMILES string of the molecule is CC1CN(S(=O)(=O)c2cc(N)ccc2[N+](=O)[O-])CC1C. The third-order valence-corrected chi connectivity index (χ3v) is 5.61. The molecule has 1 aromatic carbocycles. The highest BCUT2D eigenvalue weighted by Crippen LogP contribution is 2.33. The predicted molar refractivity (Wildman–Crippen MR) is 74.6 cm³/mol. The van der Waals surface area contributed by atoms with Gasteiger partial charge in [-0.2, -0.15) is 4.31 Å². The predicted octanol–water partition coefficient (Wildman–Crippen LogP) is 1.45. The van der Waals surface area contributed by atoms with E-state index >= 15 is 0 Å². The van der Waals surface area contributed by atoms with Crippen LogP contribution in [0.3, 0.4) is 0 Å². The van der Waals surface area contributed by atoms with Crippen molar-refractivity contribution in [2.45, 2.75) is 18.7 Å². The maximum Gasteiger partial charge on any atom is 0.289 e. The molecule has 0 radical (unpaired) electrons. The fourth-order valence-corrected chi connectivity index (χ4v) is 4.13. The Hall–Kier alpha value is -1.67. The Bertz CT molecular complexity index is 634. The number of benzene rings is 1. The highest BCUT2D eigenvalue weighted by Gasteiger charge is 2.38. The first kappa shape index (κ1) is 14.7. The van der Waals surface area contributed by atoms with Crippen LogP contribution in [0.2, 0.25) is 0 Å². The van der Waals surface area contributed by atoms with E-state index in [9.17, 15) is 18.5 Å². The highest BCUT2D eigenvalue weighted by atomic mass is 32.2. The van der Waals surface area contributed by atoms with Crippen LogP contribution in [0.5, 0.6) is 0 Å². The zero-order valence-corrected chi connectivity index (χ0v) is 12.1. The molecule has 20 heavy (non-hydrogen) atoms. The number of nitrogen functional groups attached to an aromatic ring is 1. The molecule has 1 fully saturated rings. The van der Waals surface area contributed by atoms with E-state index in [4.69, 9.17) is 5.73 Å². The van der Waals surface area contributed by atoms with Gasteiger partial charge in [0.25, 0.3) is 5.69 Å². The lowest BCUT2D eigenvalue weighted by molar-refractivity contribution is -0.387. The van der Waals surface area contributed by atoms with Crippen LogP contribution in [0.25, 0.3) is 0 Å². The molecule has 0 bridgehead atoms. The number of hydrogen-bond donors (Lipinski definition) is 1. The molecule has 110 valence electrons. The molecular weight excluding hydrogens is 282 g/mol. The van der Waals surface area contributed by atoms with E-state index in [-0.39, 0.29) is 22.4 Å². The highest BCUT2D eigenvalue weighted by molar-refractivity contribution is 7.89. The van der Waals surface area contributed by atoms with Crippen molar-refractivity contribution in [3.05, 3.63) is 28.3 Å². The van der Waals surface area contributed by atoms with E-state index < -0.39 is 20.6 Å². The average molecular weight is 299 g/mol. The molecule has 7 nitrogen and oxygen atoms in total. The Balaban J connectivity index is 2.50. The molecule has 1 saturated heterocycles. The zero-order chi connectivity index (χ0) is 15.1. The molecule has 1 heterocycles. The van der Waals surface area contributed by atoms with Gasteiger partial charge in [0, 0.05) is 24.8 Å². The summed E-state index contributed by atoms with van der Waals surface area (Å²) in [4.78, 5) is 9.98. The van der Waals surface area contributed by atoms with Crippen molar-refractivity contribution >= 4 is 21.4 Å². The molecule has 0 saturated carbocycles. The third kappa shape index (κ3) is 2.48. The number of nitrogens with zero attached hydrogens (tertiary/aromatic N) is 2. The summed E-state index contributed by atoms with van der Waals surface area (Å²) in [5, 5.41) is 11.0. The number of nitro groups is 1. The lowest BCUT2D eigenvalue weighted by atomic mass is 10.0. The largest absolute Gasteiger partial charge is 0.399 e. The Morgan fingerprint density at radius 1 is 1.30 bits per heavy atom. The third-order valence-electron chi connectivity index (χ3n) is 3.75. The number of nitrogens with two attached hydrogens (primary N) is 1. The summed E-state index contributed by atoms with van der Waals surface area (Å²) in [5.74, 6) is 0.454. The standard InChI is InChI=1S/C12H17N3O4S/c1-8-6-14(7-9(8)2)20(18,19)12-5-10(13)3-4-11(12)15(16)17/h3-5,8-9H,6-7,13H2,1-2H3. The maximum atomic E-state index is 12.6. The molecule has 2 unspecified atom stereocenters. The first-order valence-corrected chi connectivity index (χ1v) is 7.71. The average Bonchev–Trinajstić information content (AvgIpc) is 2.70. The van der Waals surface area contributed by atoms with Gasteiger partial charge in [0.15, 0.2) is 4.90 Å². The van der Waals surface area contributed by atoms with E-state index in [1.165, 1.54) is 10.4 Å². The molecule has 2 N–H and O–H groups in total. The van der Waals surface area contributed by atoms with Crippen molar-refractivity contribution < 1.29 is 13.3 Å². The van der Waals surface area contributed by atoms with Gasteiger partial charge in [0.2, 0.25) is 10.0 Å². The molecule has 1 aromatic rings. The van der Waals surface area contributed by atoms with Crippen LogP contribution in [-0.2, 0) is 10.0 Å². The van der Waals surface area contributed by atoms with Crippen molar-refractivity contribution in [3.8, 4) is 0 Å². The summed E-state index contributed by atoms with van der Waals surface area (Å²) in [7, 11) is -3.89. The molecule has 0 amide bonds. The van der Waals surface area contributed by atoms with Crippen molar-refractivity contribution in [1.82, 2.24) is 4.31 Å². The van der Waals surface area contributed by atoms with Gasteiger partial charge in [-0.25, -0.2) is 8.42 Å². The van der Waals surface area contributed by atoms with E-state index in [1.807, 2.05) is 13.8 Å². The number of hydrogen-bond acceptors (Lipinski definition) is 5. The van der Waals surface area contributed by atoms with Crippen molar-refractivity contribution in [2.75, 3.05) is 18.8 Å². The minimum Gasteiger partial charge on any atom is -0.399 e. The molecule has 1 aliphatic heterocycles. The summed E-state index contributed by atoms with van der Waals surface area (Å²) >= 11 is 0. The molecule has 8 heteroatoms. The molecule has 0 aliphatic carbocycles. The van der Waals surface area contributed by atoms with Gasteiger partial charge in [-0.05, 0) is 24.0 Å². The van der Waals surface area contributed by atoms with Gasteiger partial charge in [-0.15, -0.1) is 0 Å². The van der Waals surface area contributed by atoms with Gasteiger partial charge < -0.3 is 5.73 Å². The van der Waals surface area contributed by atoms with Crippen molar-refractivity contribution in [3.63, 3.8) is 0 Å². The van der Waals surface area contributed by atoms with Crippen LogP contribution in [0.4, 0.5) is 11.4 Å². The molecule has 0 aromatic heterocycles. The van der Waals surface area contributed by atoms with Crippen LogP contribution in [0, 0.1) is 22.0 Å². The monoisotopic (exact) mass is 299 g/mol. The van der Waals surface area contributed by atoms with Gasteiger partial charge >= 0.3 is 0 Å². The van der Waals surface area contributed by atoms with E-state index in [0.29, 0.717) is 13.1 Å². The number of sulfonamides is 1. The summed E-state index contributed by atoms with van der Waals surface area (Å²) in [6, 6.07) is 3.61. The Morgan fingerprint density at radius 2 is 1.85 bits per heavy atom. The summed E-state index contributed by atoms with van der Waals surface area (Å²) in [6.07, 6.45) is 0. The van der Waals surface area contributed by atoms with Crippen LogP contribution in [-0.4, -0.2) is 30.7 Å². The molecular formula is C12H17N3O4S. The summed E-state index contributed by atoms with van der Waals surface area (Å²) in [6.45, 7) is 4.67. The van der Waals surface area contributed by atoms with Crippen LogP contribution >= 0.6 is 0 Å². The Morgan fingerprint density at radius 3 is 2.35 bits per heavy atom. The first-order valence-electron chi connectivity index (χ1n) is 6.27. The maximum absolute atomic E-state index is 12.6. The van der Waals surface area contributed by atoms with Crippen LogP contribution < -0.4 is 5.73 Å². The number of anilines is 1. The van der Waals surface area contributed by atoms with E-state index in [2.05, 4.69) is 0 Å². The topological polar surface area (TPSA) is 107 Å². The Kier molecular flexibility index (Phi) is 3.70. The fourth-order valence-electron chi connectivity index (χ4n) is 2.30. The second kappa shape index (κ2) is 5.02. The molecule has 1 aliphatic rings. The Labute approximate surface area is 117 Å². The van der Waals surface area contributed by atoms with Crippen LogP contribution in [0.15, 0.2) is 23.1 Å². The molecule has 0 spiro atoms. The second-order valence-electron chi connectivity index (χ2n) is 5.26. The van der Waals surface area contributed by atoms with Gasteiger partial charge in [0.05, 0.1) is 4.92 Å². The molecule has 2 atom stereocenters. The van der Waals surface area contributed by atoms with Crippen molar-refractivity contribution in [2.24, 2.45) is 11.8 Å². The lowest BCUT2D eigenvalue weighted by Crippen LogP contribution is -2.29. The van der Waals surface area contributed by atoms with Gasteiger partial charge in [-0.3, -0.25) is 10.1 Å². The van der Waals surface area contributed by atoms with Gasteiger partial charge in [0.1, 0.15) is 0 Å². The first-order chi connectivity index (χ1) is 9.23.